The Morgan fingerprint density at radius 2 is 2.20 bits per heavy atom. The average molecular weight is 196 g/mol. The summed E-state index contributed by atoms with van der Waals surface area (Å²) in [6.45, 7) is 2.08. The first-order chi connectivity index (χ1) is 7.31. The van der Waals surface area contributed by atoms with Gasteiger partial charge in [0.05, 0.1) is 11.0 Å². The van der Waals surface area contributed by atoms with Crippen molar-refractivity contribution >= 4 is 23.2 Å². The summed E-state index contributed by atoms with van der Waals surface area (Å²) in [7, 11) is 0. The van der Waals surface area contributed by atoms with Crippen molar-refractivity contribution in [2.24, 2.45) is 11.8 Å². The standard InChI is InChI=1S/C13H12N2/c1-7-2-12-13(14-6-7)10-4-8-3-9(8)5-11(10)15-12/h2,4-6,8-9,15H,3H2,1H3. The summed E-state index contributed by atoms with van der Waals surface area (Å²) in [6, 6.07) is 2.17. The van der Waals surface area contributed by atoms with E-state index in [1.807, 2.05) is 6.20 Å². The monoisotopic (exact) mass is 196 g/mol. The lowest BCUT2D eigenvalue weighted by molar-refractivity contribution is 1.05. The normalized spacial score (nSPS) is 26.5. The summed E-state index contributed by atoms with van der Waals surface area (Å²) in [4.78, 5) is 7.99. The maximum atomic E-state index is 4.52. The van der Waals surface area contributed by atoms with Gasteiger partial charge in [-0.3, -0.25) is 4.98 Å². The molecule has 1 saturated carbocycles. The molecule has 0 radical (unpaired) electrons. The van der Waals surface area contributed by atoms with Gasteiger partial charge in [-0.05, 0) is 36.8 Å². The van der Waals surface area contributed by atoms with E-state index >= 15 is 0 Å². The van der Waals surface area contributed by atoms with E-state index in [-0.39, 0.29) is 0 Å². The molecule has 0 spiro atoms. The third-order valence-electron chi connectivity index (χ3n) is 3.49. The molecule has 2 aliphatic carbocycles. The van der Waals surface area contributed by atoms with Crippen LogP contribution in [0, 0.1) is 18.8 Å². The van der Waals surface area contributed by atoms with Gasteiger partial charge in [0.15, 0.2) is 0 Å². The van der Waals surface area contributed by atoms with Gasteiger partial charge < -0.3 is 4.98 Å². The van der Waals surface area contributed by atoms with E-state index in [0.29, 0.717) is 0 Å². The molecule has 1 fully saturated rings. The summed E-state index contributed by atoms with van der Waals surface area (Å²) < 4.78 is 0. The summed E-state index contributed by atoms with van der Waals surface area (Å²) >= 11 is 0. The van der Waals surface area contributed by atoms with Crippen molar-refractivity contribution in [3.63, 3.8) is 0 Å². The maximum absolute atomic E-state index is 4.52. The zero-order valence-corrected chi connectivity index (χ0v) is 8.62. The van der Waals surface area contributed by atoms with Crippen molar-refractivity contribution in [1.82, 2.24) is 9.97 Å². The highest BCUT2D eigenvalue weighted by molar-refractivity contribution is 5.78. The number of rotatable bonds is 0. The van der Waals surface area contributed by atoms with Gasteiger partial charge in [-0.2, -0.15) is 0 Å². The summed E-state index contributed by atoms with van der Waals surface area (Å²) in [6.07, 6.45) is 8.04. The first-order valence-electron chi connectivity index (χ1n) is 5.49. The van der Waals surface area contributed by atoms with Crippen molar-refractivity contribution in [1.29, 1.82) is 0 Å². The van der Waals surface area contributed by atoms with E-state index in [0.717, 1.165) is 17.4 Å². The fourth-order valence-corrected chi connectivity index (χ4v) is 2.57. The molecule has 15 heavy (non-hydrogen) atoms. The molecule has 0 aliphatic heterocycles. The predicted octanol–water partition coefficient (Wildman–Crippen LogP) is 1.08. The van der Waals surface area contributed by atoms with Crippen LogP contribution in [0.25, 0.3) is 23.2 Å². The van der Waals surface area contributed by atoms with Gasteiger partial charge in [0, 0.05) is 16.8 Å². The summed E-state index contributed by atoms with van der Waals surface area (Å²) in [5.41, 5.74) is 3.53. The lowest BCUT2D eigenvalue weighted by atomic mass is 10.1. The van der Waals surface area contributed by atoms with Crippen LogP contribution in [0.4, 0.5) is 0 Å². The van der Waals surface area contributed by atoms with E-state index < -0.39 is 0 Å². The minimum absolute atomic E-state index is 0.791. The molecule has 4 rings (SSSR count). The van der Waals surface area contributed by atoms with Crippen LogP contribution in [0.3, 0.4) is 0 Å². The minimum Gasteiger partial charge on any atom is -0.353 e. The van der Waals surface area contributed by atoms with Crippen molar-refractivity contribution < 1.29 is 0 Å². The fraction of sp³-hybridized carbons (Fsp3) is 0.308. The Bertz CT molecular complexity index is 678. The largest absolute Gasteiger partial charge is 0.353 e. The number of H-pyrrole nitrogens is 1. The third kappa shape index (κ3) is 0.965. The first-order valence-corrected chi connectivity index (χ1v) is 5.49. The molecule has 2 atom stereocenters. The number of hydrogen-bond acceptors (Lipinski definition) is 1. The van der Waals surface area contributed by atoms with Crippen molar-refractivity contribution in [2.75, 3.05) is 0 Å². The maximum Gasteiger partial charge on any atom is 0.0954 e. The van der Waals surface area contributed by atoms with Gasteiger partial charge in [0.1, 0.15) is 0 Å². The Morgan fingerprint density at radius 3 is 3.13 bits per heavy atom. The minimum atomic E-state index is 0.791. The molecule has 0 amide bonds. The molecule has 2 aromatic rings. The van der Waals surface area contributed by atoms with Gasteiger partial charge >= 0.3 is 0 Å². The predicted molar refractivity (Wildman–Crippen MR) is 60.6 cm³/mol. The number of aromatic nitrogens is 2. The number of hydrogen-bond donors (Lipinski definition) is 1. The average Bonchev–Trinajstić information content (AvgIpc) is 2.87. The van der Waals surface area contributed by atoms with Crippen molar-refractivity contribution in [3.05, 3.63) is 28.4 Å². The number of pyridine rings is 1. The van der Waals surface area contributed by atoms with Crippen LogP contribution < -0.4 is 10.6 Å². The van der Waals surface area contributed by atoms with Crippen LogP contribution in [0.15, 0.2) is 12.3 Å². The van der Waals surface area contributed by atoms with E-state index in [1.165, 1.54) is 28.1 Å². The molecule has 2 heteroatoms. The quantitative estimate of drug-likeness (QED) is 0.671. The summed E-state index contributed by atoms with van der Waals surface area (Å²) in [5.74, 6) is 1.59. The highest BCUT2D eigenvalue weighted by atomic mass is 14.8. The first kappa shape index (κ1) is 7.69. The van der Waals surface area contributed by atoms with Gasteiger partial charge in [-0.25, -0.2) is 0 Å². The second-order valence-electron chi connectivity index (χ2n) is 4.76. The molecular weight excluding hydrogens is 184 g/mol. The van der Waals surface area contributed by atoms with E-state index in [4.69, 9.17) is 0 Å². The van der Waals surface area contributed by atoms with Gasteiger partial charge in [0.25, 0.3) is 0 Å². The van der Waals surface area contributed by atoms with Crippen LogP contribution in [-0.4, -0.2) is 9.97 Å². The molecule has 2 aromatic heterocycles. The Morgan fingerprint density at radius 1 is 1.33 bits per heavy atom. The molecule has 0 saturated heterocycles. The topological polar surface area (TPSA) is 28.7 Å². The highest BCUT2D eigenvalue weighted by Crippen LogP contribution is 2.41. The molecule has 2 aliphatic rings. The van der Waals surface area contributed by atoms with Crippen LogP contribution in [-0.2, 0) is 0 Å². The van der Waals surface area contributed by atoms with E-state index in [9.17, 15) is 0 Å². The third-order valence-corrected chi connectivity index (χ3v) is 3.49. The number of nitrogens with one attached hydrogen (secondary N) is 1. The summed E-state index contributed by atoms with van der Waals surface area (Å²) in [5, 5.41) is 2.60. The molecular formula is C13H12N2. The van der Waals surface area contributed by atoms with Crippen LogP contribution in [0.2, 0.25) is 0 Å². The van der Waals surface area contributed by atoms with Gasteiger partial charge in [0.2, 0.25) is 0 Å². The zero-order chi connectivity index (χ0) is 9.99. The molecule has 2 unspecified atom stereocenters. The van der Waals surface area contributed by atoms with E-state index in [2.05, 4.69) is 35.1 Å². The lowest BCUT2D eigenvalue weighted by Crippen LogP contribution is -2.25. The lowest BCUT2D eigenvalue weighted by Gasteiger charge is -1.93. The SMILES string of the molecule is Cc1cnc2c3c([nH]c2c1)=CC1CC1C=3. The second-order valence-corrected chi connectivity index (χ2v) is 4.76. The molecule has 2 heterocycles. The zero-order valence-electron chi connectivity index (χ0n) is 8.62. The smallest absolute Gasteiger partial charge is 0.0954 e. The van der Waals surface area contributed by atoms with Crippen molar-refractivity contribution in [3.8, 4) is 0 Å². The molecule has 74 valence electrons. The van der Waals surface area contributed by atoms with Gasteiger partial charge in [-0.1, -0.05) is 12.2 Å². The number of nitrogens with zero attached hydrogens (tertiary/aromatic N) is 1. The van der Waals surface area contributed by atoms with Crippen molar-refractivity contribution in [2.45, 2.75) is 13.3 Å². The molecule has 1 N–H and O–H groups in total. The molecule has 0 bridgehead atoms. The molecule has 2 nitrogen and oxygen atoms in total. The second kappa shape index (κ2) is 2.32. The molecule has 0 aromatic carbocycles. The van der Waals surface area contributed by atoms with Crippen LogP contribution in [0.1, 0.15) is 12.0 Å². The Hall–Kier alpha value is -1.57. The van der Waals surface area contributed by atoms with E-state index in [1.54, 1.807) is 0 Å². The number of aryl methyl sites for hydroxylation is 1. The Balaban J connectivity index is 2.21. The Labute approximate surface area is 87.3 Å². The highest BCUT2D eigenvalue weighted by Gasteiger charge is 2.35. The van der Waals surface area contributed by atoms with Crippen LogP contribution in [0.5, 0.6) is 0 Å². The number of aromatic amines is 1. The van der Waals surface area contributed by atoms with Crippen LogP contribution >= 0.6 is 0 Å². The Kier molecular flexibility index (Phi) is 1.19. The number of fused-ring (bicyclic) bond motifs is 4. The van der Waals surface area contributed by atoms with Gasteiger partial charge in [-0.15, -0.1) is 0 Å². The fourth-order valence-electron chi connectivity index (χ4n) is 2.57.